The Bertz CT molecular complexity index is 1410. The van der Waals surface area contributed by atoms with Crippen molar-refractivity contribution in [1.29, 1.82) is 0 Å². The van der Waals surface area contributed by atoms with Gasteiger partial charge in [0.05, 0.1) is 11.3 Å². The van der Waals surface area contributed by atoms with Gasteiger partial charge in [0.1, 0.15) is 17.4 Å². The molecule has 33 heavy (non-hydrogen) atoms. The van der Waals surface area contributed by atoms with Crippen molar-refractivity contribution in [2.24, 2.45) is 0 Å². The third kappa shape index (κ3) is 3.76. The van der Waals surface area contributed by atoms with Crippen molar-refractivity contribution in [3.63, 3.8) is 0 Å². The van der Waals surface area contributed by atoms with Gasteiger partial charge in [-0.3, -0.25) is 14.6 Å². The van der Waals surface area contributed by atoms with E-state index in [-0.39, 0.29) is 17.9 Å². The minimum Gasteiger partial charge on any atom is -0.503 e. The SMILES string of the molecule is O=C(C1=C(O)C(=O)N(Cc2ccc(F)cc2)C1c1ccccn1)c1cc2cc(Cl)ccc2o1. The number of carbonyl (C=O) groups excluding carboxylic acids is 2. The molecule has 0 aliphatic carbocycles. The Hall–Kier alpha value is -3.97. The van der Waals surface area contributed by atoms with Crippen molar-refractivity contribution in [3.05, 3.63) is 112 Å². The fourth-order valence-electron chi connectivity index (χ4n) is 3.94. The molecule has 2 aromatic heterocycles. The summed E-state index contributed by atoms with van der Waals surface area (Å²) in [5.74, 6) is -2.47. The second-order valence-corrected chi connectivity index (χ2v) is 8.04. The molecule has 1 amide bonds. The smallest absolute Gasteiger partial charge is 0.290 e. The van der Waals surface area contributed by atoms with Gasteiger partial charge < -0.3 is 14.4 Å². The van der Waals surface area contributed by atoms with Crippen LogP contribution in [0.1, 0.15) is 27.9 Å². The van der Waals surface area contributed by atoms with E-state index in [4.69, 9.17) is 16.0 Å². The quantitative estimate of drug-likeness (QED) is 0.401. The van der Waals surface area contributed by atoms with Crippen molar-refractivity contribution in [2.75, 3.05) is 0 Å². The minimum absolute atomic E-state index is 0.0359. The van der Waals surface area contributed by atoms with Crippen LogP contribution in [-0.2, 0) is 11.3 Å². The highest BCUT2D eigenvalue weighted by Crippen LogP contribution is 2.39. The normalized spacial score (nSPS) is 16.1. The van der Waals surface area contributed by atoms with E-state index in [0.29, 0.717) is 27.2 Å². The zero-order valence-electron chi connectivity index (χ0n) is 17.0. The molecule has 1 N–H and O–H groups in total. The van der Waals surface area contributed by atoms with Crippen molar-refractivity contribution in [3.8, 4) is 0 Å². The maximum absolute atomic E-state index is 13.5. The number of aliphatic hydroxyl groups is 1. The first-order chi connectivity index (χ1) is 15.9. The number of halogens is 2. The van der Waals surface area contributed by atoms with Crippen LogP contribution >= 0.6 is 11.6 Å². The van der Waals surface area contributed by atoms with Crippen LogP contribution in [-0.4, -0.2) is 26.7 Å². The average Bonchev–Trinajstić information content (AvgIpc) is 3.35. The summed E-state index contributed by atoms with van der Waals surface area (Å²) in [6.07, 6.45) is 1.54. The van der Waals surface area contributed by atoms with E-state index in [0.717, 1.165) is 0 Å². The summed E-state index contributed by atoms with van der Waals surface area (Å²) in [7, 11) is 0. The molecule has 2 aromatic carbocycles. The van der Waals surface area contributed by atoms with Crippen molar-refractivity contribution in [1.82, 2.24) is 9.88 Å². The number of amides is 1. The van der Waals surface area contributed by atoms with Gasteiger partial charge in [-0.1, -0.05) is 29.8 Å². The van der Waals surface area contributed by atoms with E-state index in [2.05, 4.69) is 4.98 Å². The number of benzene rings is 2. The minimum atomic E-state index is -0.951. The molecule has 0 spiro atoms. The van der Waals surface area contributed by atoms with Gasteiger partial charge in [-0.2, -0.15) is 0 Å². The van der Waals surface area contributed by atoms with Crippen molar-refractivity contribution < 1.29 is 23.5 Å². The first-order valence-corrected chi connectivity index (χ1v) is 10.4. The highest BCUT2D eigenvalue weighted by Gasteiger charge is 2.45. The van der Waals surface area contributed by atoms with E-state index in [1.807, 2.05) is 0 Å². The summed E-state index contributed by atoms with van der Waals surface area (Å²) >= 11 is 6.03. The third-order valence-electron chi connectivity index (χ3n) is 5.48. The number of aromatic nitrogens is 1. The summed E-state index contributed by atoms with van der Waals surface area (Å²) in [6, 6.07) is 16.2. The van der Waals surface area contributed by atoms with Gasteiger partial charge in [-0.25, -0.2) is 4.39 Å². The van der Waals surface area contributed by atoms with E-state index in [1.165, 1.54) is 41.4 Å². The predicted octanol–water partition coefficient (Wildman–Crippen LogP) is 5.40. The Morgan fingerprint density at radius 2 is 1.91 bits per heavy atom. The summed E-state index contributed by atoms with van der Waals surface area (Å²) < 4.78 is 19.0. The molecular weight excluding hydrogens is 447 g/mol. The molecule has 6 nitrogen and oxygen atoms in total. The average molecular weight is 463 g/mol. The molecule has 0 radical (unpaired) electrons. The number of hydrogen-bond donors (Lipinski definition) is 1. The van der Waals surface area contributed by atoms with E-state index >= 15 is 0 Å². The number of carbonyl (C=O) groups is 2. The Labute approximate surface area is 192 Å². The topological polar surface area (TPSA) is 83.6 Å². The molecule has 3 heterocycles. The lowest BCUT2D eigenvalue weighted by atomic mass is 9.98. The van der Waals surface area contributed by atoms with Crippen LogP contribution in [0.2, 0.25) is 5.02 Å². The summed E-state index contributed by atoms with van der Waals surface area (Å²) in [4.78, 5) is 32.2. The van der Waals surface area contributed by atoms with Gasteiger partial charge in [-0.05, 0) is 54.1 Å². The number of furan rings is 1. The second-order valence-electron chi connectivity index (χ2n) is 7.60. The van der Waals surface area contributed by atoms with Gasteiger partial charge in [-0.15, -0.1) is 0 Å². The molecule has 0 bridgehead atoms. The molecular formula is C25H16ClFN2O4. The van der Waals surface area contributed by atoms with Crippen LogP contribution in [0, 0.1) is 5.82 Å². The number of fused-ring (bicyclic) bond motifs is 1. The molecule has 1 aliphatic rings. The molecule has 5 rings (SSSR count). The number of aliphatic hydroxyl groups excluding tert-OH is 1. The Kier molecular flexibility index (Phi) is 5.18. The maximum Gasteiger partial charge on any atom is 0.290 e. The maximum atomic E-state index is 13.5. The molecule has 1 aliphatic heterocycles. The van der Waals surface area contributed by atoms with Gasteiger partial charge in [0.15, 0.2) is 11.5 Å². The molecule has 1 atom stereocenters. The summed E-state index contributed by atoms with van der Waals surface area (Å²) in [5.41, 5.74) is 1.35. The first kappa shape index (κ1) is 20.9. The van der Waals surface area contributed by atoms with Crippen LogP contribution in [0.15, 0.2) is 88.7 Å². The van der Waals surface area contributed by atoms with Crippen LogP contribution in [0.4, 0.5) is 4.39 Å². The number of Topliss-reactive ketones (excluding diaryl/α,β-unsaturated/α-hetero) is 1. The van der Waals surface area contributed by atoms with Gasteiger partial charge in [0.2, 0.25) is 5.78 Å². The van der Waals surface area contributed by atoms with Gasteiger partial charge in [0, 0.05) is 23.2 Å². The second kappa shape index (κ2) is 8.18. The highest BCUT2D eigenvalue weighted by atomic mass is 35.5. The molecule has 0 saturated carbocycles. The van der Waals surface area contributed by atoms with Crippen LogP contribution in [0.5, 0.6) is 0 Å². The van der Waals surface area contributed by atoms with Crippen LogP contribution in [0.3, 0.4) is 0 Å². The molecule has 1 unspecified atom stereocenters. The highest BCUT2D eigenvalue weighted by molar-refractivity contribution is 6.31. The predicted molar refractivity (Wildman–Crippen MR) is 119 cm³/mol. The zero-order chi connectivity index (χ0) is 23.1. The van der Waals surface area contributed by atoms with E-state index < -0.39 is 29.3 Å². The number of hydrogen-bond acceptors (Lipinski definition) is 5. The lowest BCUT2D eigenvalue weighted by Crippen LogP contribution is -2.31. The molecule has 0 fully saturated rings. The van der Waals surface area contributed by atoms with E-state index in [1.54, 1.807) is 36.4 Å². The van der Waals surface area contributed by atoms with E-state index in [9.17, 15) is 19.1 Å². The van der Waals surface area contributed by atoms with Gasteiger partial charge in [0.25, 0.3) is 5.91 Å². The lowest BCUT2D eigenvalue weighted by Gasteiger charge is -2.26. The van der Waals surface area contributed by atoms with Crippen molar-refractivity contribution in [2.45, 2.75) is 12.6 Å². The molecule has 0 saturated heterocycles. The van der Waals surface area contributed by atoms with Gasteiger partial charge >= 0.3 is 0 Å². The Morgan fingerprint density at radius 1 is 1.12 bits per heavy atom. The monoisotopic (exact) mass is 462 g/mol. The number of nitrogens with zero attached hydrogens (tertiary/aromatic N) is 2. The van der Waals surface area contributed by atoms with Crippen molar-refractivity contribution >= 4 is 34.3 Å². The van der Waals surface area contributed by atoms with Crippen LogP contribution in [0.25, 0.3) is 11.0 Å². The number of rotatable bonds is 5. The fourth-order valence-corrected chi connectivity index (χ4v) is 4.12. The third-order valence-corrected chi connectivity index (χ3v) is 5.72. The first-order valence-electron chi connectivity index (χ1n) is 10.1. The fraction of sp³-hybridized carbons (Fsp3) is 0.0800. The number of pyridine rings is 1. The Morgan fingerprint density at radius 3 is 2.64 bits per heavy atom. The summed E-state index contributed by atoms with van der Waals surface area (Å²) in [5, 5.41) is 11.9. The standard InChI is InChI=1S/C25H16ClFN2O4/c26-16-6-9-19-15(11-16)12-20(33-19)23(30)21-22(18-3-1-2-10-28-18)29(25(32)24(21)31)13-14-4-7-17(27)8-5-14/h1-12,22,31H,13H2. The van der Waals surface area contributed by atoms with Crippen LogP contribution < -0.4 is 0 Å². The Balaban J connectivity index is 1.58. The molecule has 8 heteroatoms. The summed E-state index contributed by atoms with van der Waals surface area (Å²) in [6.45, 7) is 0.0386. The molecule has 164 valence electrons. The lowest BCUT2D eigenvalue weighted by molar-refractivity contribution is -0.130. The molecule has 4 aromatic rings. The zero-order valence-corrected chi connectivity index (χ0v) is 17.8. The number of ketones is 1. The largest absolute Gasteiger partial charge is 0.503 e.